The molecule has 15 heavy (non-hydrogen) atoms. The lowest BCUT2D eigenvalue weighted by Gasteiger charge is -2.05. The van der Waals surface area contributed by atoms with Crippen molar-refractivity contribution in [1.82, 2.24) is 0 Å². The summed E-state index contributed by atoms with van der Waals surface area (Å²) in [6.07, 6.45) is 0.512. The van der Waals surface area contributed by atoms with E-state index in [4.69, 9.17) is 10.2 Å². The molecule has 0 saturated heterocycles. The first-order valence-electron chi connectivity index (χ1n) is 4.42. The van der Waals surface area contributed by atoms with Crippen LogP contribution in [0.3, 0.4) is 0 Å². The van der Waals surface area contributed by atoms with Crippen LogP contribution in [0.4, 0.5) is 4.39 Å². The van der Waals surface area contributed by atoms with Crippen LogP contribution in [-0.4, -0.2) is 28.5 Å². The topological polar surface area (TPSA) is 57.5 Å². The zero-order valence-electron chi connectivity index (χ0n) is 7.94. The van der Waals surface area contributed by atoms with Gasteiger partial charge in [-0.2, -0.15) is 0 Å². The number of hydrogen-bond donors (Lipinski definition) is 2. The van der Waals surface area contributed by atoms with E-state index in [0.717, 1.165) is 11.8 Å². The lowest BCUT2D eigenvalue weighted by atomic mass is 10.2. The van der Waals surface area contributed by atoms with Gasteiger partial charge in [-0.25, -0.2) is 9.18 Å². The molecule has 0 atom stereocenters. The van der Waals surface area contributed by atoms with E-state index in [0.29, 0.717) is 12.2 Å². The predicted molar refractivity (Wildman–Crippen MR) is 55.8 cm³/mol. The molecular formula is C10H11FO3S. The molecule has 0 aliphatic heterocycles. The van der Waals surface area contributed by atoms with Crippen molar-refractivity contribution in [3.63, 3.8) is 0 Å². The fourth-order valence-corrected chi connectivity index (χ4v) is 2.06. The van der Waals surface area contributed by atoms with Gasteiger partial charge in [0, 0.05) is 12.4 Å². The number of aromatic carboxylic acids is 1. The van der Waals surface area contributed by atoms with Gasteiger partial charge in [0.1, 0.15) is 5.82 Å². The molecule has 1 aromatic rings. The van der Waals surface area contributed by atoms with E-state index in [9.17, 15) is 9.18 Å². The first-order chi connectivity index (χ1) is 7.16. The molecule has 0 fully saturated rings. The summed E-state index contributed by atoms with van der Waals surface area (Å²) in [5, 5.41) is 17.4. The summed E-state index contributed by atoms with van der Waals surface area (Å²) in [5.41, 5.74) is -0.0297. The van der Waals surface area contributed by atoms with Gasteiger partial charge in [-0.1, -0.05) is 6.07 Å². The SMILES string of the molecule is O=C(O)c1cccc(F)c1SCCCO. The van der Waals surface area contributed by atoms with E-state index in [1.165, 1.54) is 18.2 Å². The van der Waals surface area contributed by atoms with E-state index in [1.54, 1.807) is 0 Å². The predicted octanol–water partition coefficient (Wildman–Crippen LogP) is 2.00. The van der Waals surface area contributed by atoms with Crippen molar-refractivity contribution >= 4 is 17.7 Å². The van der Waals surface area contributed by atoms with Crippen molar-refractivity contribution < 1.29 is 19.4 Å². The van der Waals surface area contributed by atoms with Gasteiger partial charge in [0.25, 0.3) is 0 Å². The minimum absolute atomic E-state index is 0.0177. The maximum absolute atomic E-state index is 13.3. The minimum atomic E-state index is -1.14. The summed E-state index contributed by atoms with van der Waals surface area (Å²) in [6, 6.07) is 3.97. The van der Waals surface area contributed by atoms with Gasteiger partial charge in [0.05, 0.1) is 10.5 Å². The van der Waals surface area contributed by atoms with Crippen molar-refractivity contribution in [3.05, 3.63) is 29.6 Å². The molecule has 0 unspecified atom stereocenters. The molecular weight excluding hydrogens is 219 g/mol. The summed E-state index contributed by atoms with van der Waals surface area (Å²) < 4.78 is 13.3. The quantitative estimate of drug-likeness (QED) is 0.600. The number of rotatable bonds is 5. The molecule has 0 radical (unpaired) electrons. The second-order valence-corrected chi connectivity index (χ2v) is 3.95. The number of aliphatic hydroxyl groups excluding tert-OH is 1. The highest BCUT2D eigenvalue weighted by atomic mass is 32.2. The molecule has 1 aromatic carbocycles. The lowest BCUT2D eigenvalue weighted by molar-refractivity contribution is 0.0692. The molecule has 0 aliphatic carbocycles. The summed E-state index contributed by atoms with van der Waals surface area (Å²) >= 11 is 1.11. The average molecular weight is 230 g/mol. The van der Waals surface area contributed by atoms with Crippen LogP contribution >= 0.6 is 11.8 Å². The standard InChI is InChI=1S/C10H11FO3S/c11-8-4-1-3-7(10(13)14)9(8)15-6-2-5-12/h1,3-4,12H,2,5-6H2,(H,13,14). The van der Waals surface area contributed by atoms with Gasteiger partial charge in [-0.15, -0.1) is 11.8 Å². The summed E-state index contributed by atoms with van der Waals surface area (Å²) in [5.74, 6) is -1.17. The first-order valence-corrected chi connectivity index (χ1v) is 5.41. The Labute approximate surface area is 90.9 Å². The van der Waals surface area contributed by atoms with Gasteiger partial charge in [0.15, 0.2) is 0 Å². The Morgan fingerprint density at radius 1 is 1.47 bits per heavy atom. The van der Waals surface area contributed by atoms with Crippen LogP contribution < -0.4 is 0 Å². The molecule has 0 saturated carbocycles. The molecule has 82 valence electrons. The number of aliphatic hydroxyl groups is 1. The fraction of sp³-hybridized carbons (Fsp3) is 0.300. The molecule has 0 aliphatic rings. The van der Waals surface area contributed by atoms with Gasteiger partial charge in [-0.05, 0) is 18.6 Å². The molecule has 0 bridgehead atoms. The van der Waals surface area contributed by atoms with E-state index in [1.807, 2.05) is 0 Å². The molecule has 0 amide bonds. The second-order valence-electron chi connectivity index (χ2n) is 2.85. The van der Waals surface area contributed by atoms with Crippen LogP contribution in [0.1, 0.15) is 16.8 Å². The Morgan fingerprint density at radius 2 is 2.20 bits per heavy atom. The molecule has 0 heterocycles. The number of carboxylic acids is 1. The third kappa shape index (κ3) is 3.21. The minimum Gasteiger partial charge on any atom is -0.478 e. The third-order valence-corrected chi connectivity index (χ3v) is 2.94. The highest BCUT2D eigenvalue weighted by Gasteiger charge is 2.13. The van der Waals surface area contributed by atoms with Crippen molar-refractivity contribution in [1.29, 1.82) is 0 Å². The van der Waals surface area contributed by atoms with Crippen molar-refractivity contribution in [2.45, 2.75) is 11.3 Å². The largest absolute Gasteiger partial charge is 0.478 e. The Hall–Kier alpha value is -1.07. The zero-order valence-corrected chi connectivity index (χ0v) is 8.76. The maximum atomic E-state index is 13.3. The maximum Gasteiger partial charge on any atom is 0.336 e. The summed E-state index contributed by atoms with van der Waals surface area (Å²) in [7, 11) is 0. The Kier molecular flexibility index (Phi) is 4.58. The van der Waals surface area contributed by atoms with Crippen molar-refractivity contribution in [2.24, 2.45) is 0 Å². The normalized spacial score (nSPS) is 10.3. The van der Waals surface area contributed by atoms with Gasteiger partial charge in [-0.3, -0.25) is 0 Å². The van der Waals surface area contributed by atoms with Crippen LogP contribution in [0.25, 0.3) is 0 Å². The number of hydrogen-bond acceptors (Lipinski definition) is 3. The molecule has 0 spiro atoms. The summed E-state index contributed by atoms with van der Waals surface area (Å²) in [6.45, 7) is 0.0177. The summed E-state index contributed by atoms with van der Waals surface area (Å²) in [4.78, 5) is 10.9. The van der Waals surface area contributed by atoms with Crippen LogP contribution in [0.15, 0.2) is 23.1 Å². The number of thioether (sulfide) groups is 1. The second kappa shape index (κ2) is 5.72. The fourth-order valence-electron chi connectivity index (χ4n) is 1.06. The third-order valence-electron chi connectivity index (χ3n) is 1.75. The van der Waals surface area contributed by atoms with Gasteiger partial charge in [0.2, 0.25) is 0 Å². The molecule has 1 rings (SSSR count). The smallest absolute Gasteiger partial charge is 0.336 e. The Morgan fingerprint density at radius 3 is 2.80 bits per heavy atom. The van der Waals surface area contributed by atoms with E-state index in [2.05, 4.69) is 0 Å². The number of carbonyl (C=O) groups is 1. The van der Waals surface area contributed by atoms with Crippen molar-refractivity contribution in [2.75, 3.05) is 12.4 Å². The molecule has 2 N–H and O–H groups in total. The highest BCUT2D eigenvalue weighted by Crippen LogP contribution is 2.26. The van der Waals surface area contributed by atoms with E-state index in [-0.39, 0.29) is 17.1 Å². The van der Waals surface area contributed by atoms with Gasteiger partial charge < -0.3 is 10.2 Å². The number of halogens is 1. The Bertz CT molecular complexity index is 355. The van der Waals surface area contributed by atoms with Crippen LogP contribution in [0, 0.1) is 5.82 Å². The Balaban J connectivity index is 2.87. The molecule has 0 aromatic heterocycles. The van der Waals surface area contributed by atoms with Crippen LogP contribution in [-0.2, 0) is 0 Å². The molecule has 3 nitrogen and oxygen atoms in total. The average Bonchev–Trinajstić information content (AvgIpc) is 2.20. The highest BCUT2D eigenvalue weighted by molar-refractivity contribution is 7.99. The monoisotopic (exact) mass is 230 g/mol. The van der Waals surface area contributed by atoms with E-state index < -0.39 is 11.8 Å². The number of benzene rings is 1. The zero-order chi connectivity index (χ0) is 11.3. The van der Waals surface area contributed by atoms with Crippen molar-refractivity contribution in [3.8, 4) is 0 Å². The van der Waals surface area contributed by atoms with E-state index >= 15 is 0 Å². The van der Waals surface area contributed by atoms with Crippen LogP contribution in [0.2, 0.25) is 0 Å². The first kappa shape index (κ1) is 12.0. The van der Waals surface area contributed by atoms with Gasteiger partial charge >= 0.3 is 5.97 Å². The lowest BCUT2D eigenvalue weighted by Crippen LogP contribution is -2.01. The number of carboxylic acid groups (broad SMARTS) is 1. The van der Waals surface area contributed by atoms with Crippen LogP contribution in [0.5, 0.6) is 0 Å². The molecule has 5 heteroatoms.